The normalized spacial score (nSPS) is 33.0. The van der Waals surface area contributed by atoms with E-state index < -0.39 is 0 Å². The minimum absolute atomic E-state index is 0.110. The maximum Gasteiger partial charge on any atom is 0.123 e. The van der Waals surface area contributed by atoms with Crippen LogP contribution in [0.5, 0.6) is 5.75 Å². The van der Waals surface area contributed by atoms with Crippen molar-refractivity contribution in [1.82, 2.24) is 0 Å². The van der Waals surface area contributed by atoms with Gasteiger partial charge in [0.05, 0.1) is 0 Å². The molecule has 2 heteroatoms. The number of nitrogens with two attached hydrogens (primary N) is 1. The fourth-order valence-electron chi connectivity index (χ4n) is 1.25. The van der Waals surface area contributed by atoms with Crippen molar-refractivity contribution in [2.45, 2.75) is 25.0 Å². The molecule has 64 valence electrons. The molecular formula is C10H13NO. The molecule has 12 heavy (non-hydrogen) atoms. The molecule has 0 bridgehead atoms. The Kier molecular flexibility index (Phi) is 1.58. The summed E-state index contributed by atoms with van der Waals surface area (Å²) in [5.74, 6) is 0.910. The van der Waals surface area contributed by atoms with E-state index in [4.69, 9.17) is 10.5 Å². The summed E-state index contributed by atoms with van der Waals surface area (Å²) in [6.07, 6.45) is 0.960. The van der Waals surface area contributed by atoms with E-state index in [1.54, 1.807) is 0 Å². The van der Waals surface area contributed by atoms with Crippen molar-refractivity contribution < 1.29 is 4.74 Å². The van der Waals surface area contributed by atoms with Crippen LogP contribution in [0.3, 0.4) is 0 Å². The van der Waals surface area contributed by atoms with Gasteiger partial charge in [0.2, 0.25) is 0 Å². The molecule has 2 nitrogen and oxygen atoms in total. The summed E-state index contributed by atoms with van der Waals surface area (Å²) in [6, 6.07) is 10.0. The summed E-state index contributed by atoms with van der Waals surface area (Å²) < 4.78 is 5.70. The highest BCUT2D eigenvalue weighted by molar-refractivity contribution is 5.24. The third kappa shape index (κ3) is 1.30. The Morgan fingerprint density at radius 1 is 1.42 bits per heavy atom. The van der Waals surface area contributed by atoms with E-state index in [1.165, 1.54) is 0 Å². The van der Waals surface area contributed by atoms with Gasteiger partial charge in [-0.05, 0) is 19.1 Å². The molecule has 2 atom stereocenters. The quantitative estimate of drug-likeness (QED) is 0.718. The van der Waals surface area contributed by atoms with Gasteiger partial charge in [0.25, 0.3) is 0 Å². The van der Waals surface area contributed by atoms with E-state index in [1.807, 2.05) is 37.3 Å². The standard InChI is InChI=1S/C10H13NO/c1-10(7-9(10)11)12-8-5-3-2-4-6-8/h2-6,9H,7,11H2,1H3. The predicted octanol–water partition coefficient (Wildman–Crippen LogP) is 1.56. The summed E-state index contributed by atoms with van der Waals surface area (Å²) in [6.45, 7) is 2.05. The minimum Gasteiger partial charge on any atom is -0.486 e. The van der Waals surface area contributed by atoms with Crippen LogP contribution < -0.4 is 10.5 Å². The Morgan fingerprint density at radius 2 is 2.00 bits per heavy atom. The van der Waals surface area contributed by atoms with Crippen molar-refractivity contribution in [2.24, 2.45) is 5.73 Å². The van der Waals surface area contributed by atoms with Gasteiger partial charge >= 0.3 is 0 Å². The minimum atomic E-state index is -0.110. The van der Waals surface area contributed by atoms with Crippen molar-refractivity contribution in [1.29, 1.82) is 0 Å². The molecule has 0 spiro atoms. The molecular weight excluding hydrogens is 150 g/mol. The summed E-state index contributed by atoms with van der Waals surface area (Å²) in [5, 5.41) is 0. The molecule has 1 aromatic carbocycles. The second-order valence-electron chi connectivity index (χ2n) is 3.54. The van der Waals surface area contributed by atoms with Crippen LogP contribution in [0, 0.1) is 0 Å². The molecule has 2 rings (SSSR count). The fourth-order valence-corrected chi connectivity index (χ4v) is 1.25. The second kappa shape index (κ2) is 2.49. The largest absolute Gasteiger partial charge is 0.486 e. The zero-order valence-corrected chi connectivity index (χ0v) is 7.16. The van der Waals surface area contributed by atoms with Gasteiger partial charge in [-0.25, -0.2) is 0 Å². The maximum absolute atomic E-state index is 5.72. The number of hydrogen-bond acceptors (Lipinski definition) is 2. The van der Waals surface area contributed by atoms with Crippen molar-refractivity contribution in [3.05, 3.63) is 30.3 Å². The highest BCUT2D eigenvalue weighted by atomic mass is 16.5. The van der Waals surface area contributed by atoms with E-state index in [0.29, 0.717) is 0 Å². The highest BCUT2D eigenvalue weighted by Crippen LogP contribution is 2.38. The van der Waals surface area contributed by atoms with Crippen LogP contribution in [0.15, 0.2) is 30.3 Å². The number of hydrogen-bond donors (Lipinski definition) is 1. The van der Waals surface area contributed by atoms with Crippen molar-refractivity contribution in [2.75, 3.05) is 0 Å². The first kappa shape index (κ1) is 7.62. The van der Waals surface area contributed by atoms with E-state index >= 15 is 0 Å². The van der Waals surface area contributed by atoms with Crippen LogP contribution in [0.4, 0.5) is 0 Å². The third-order valence-corrected chi connectivity index (χ3v) is 2.34. The first-order valence-corrected chi connectivity index (χ1v) is 4.20. The molecule has 0 saturated heterocycles. The molecule has 0 aliphatic heterocycles. The predicted molar refractivity (Wildman–Crippen MR) is 48.1 cm³/mol. The molecule has 0 radical (unpaired) electrons. The lowest BCUT2D eigenvalue weighted by atomic mass is 10.3. The monoisotopic (exact) mass is 163 g/mol. The van der Waals surface area contributed by atoms with E-state index in [9.17, 15) is 0 Å². The van der Waals surface area contributed by atoms with Gasteiger partial charge in [-0.2, -0.15) is 0 Å². The molecule has 2 N–H and O–H groups in total. The Hall–Kier alpha value is -1.02. The van der Waals surface area contributed by atoms with Gasteiger partial charge in [-0.3, -0.25) is 0 Å². The van der Waals surface area contributed by atoms with Crippen LogP contribution in [-0.4, -0.2) is 11.6 Å². The topological polar surface area (TPSA) is 35.2 Å². The zero-order valence-electron chi connectivity index (χ0n) is 7.16. The average molecular weight is 163 g/mol. The van der Waals surface area contributed by atoms with Crippen LogP contribution in [0.2, 0.25) is 0 Å². The highest BCUT2D eigenvalue weighted by Gasteiger charge is 2.50. The average Bonchev–Trinajstić information content (AvgIpc) is 2.61. The Morgan fingerprint density at radius 3 is 2.50 bits per heavy atom. The molecule has 1 aliphatic carbocycles. The summed E-state index contributed by atoms with van der Waals surface area (Å²) >= 11 is 0. The van der Waals surface area contributed by atoms with Crippen LogP contribution in [0.1, 0.15) is 13.3 Å². The SMILES string of the molecule is CC1(Oc2ccccc2)CC1N. The molecule has 0 aromatic heterocycles. The Bertz CT molecular complexity index is 272. The molecule has 0 heterocycles. The molecule has 1 aromatic rings. The molecule has 2 unspecified atom stereocenters. The summed E-state index contributed by atoms with van der Waals surface area (Å²) in [4.78, 5) is 0. The second-order valence-corrected chi connectivity index (χ2v) is 3.54. The molecule has 0 amide bonds. The van der Waals surface area contributed by atoms with E-state index in [2.05, 4.69) is 0 Å². The van der Waals surface area contributed by atoms with Gasteiger partial charge in [0, 0.05) is 12.5 Å². The lowest BCUT2D eigenvalue weighted by Gasteiger charge is -2.13. The lowest BCUT2D eigenvalue weighted by Crippen LogP contribution is -2.23. The van der Waals surface area contributed by atoms with E-state index in [-0.39, 0.29) is 11.6 Å². The van der Waals surface area contributed by atoms with Crippen LogP contribution in [-0.2, 0) is 0 Å². The lowest BCUT2D eigenvalue weighted by molar-refractivity contribution is 0.193. The van der Waals surface area contributed by atoms with Crippen LogP contribution >= 0.6 is 0 Å². The molecule has 1 aliphatic rings. The first-order valence-electron chi connectivity index (χ1n) is 4.20. The molecule has 1 saturated carbocycles. The Labute approximate surface area is 72.3 Å². The van der Waals surface area contributed by atoms with Gasteiger partial charge < -0.3 is 10.5 Å². The third-order valence-electron chi connectivity index (χ3n) is 2.34. The maximum atomic E-state index is 5.72. The zero-order chi connectivity index (χ0) is 8.60. The summed E-state index contributed by atoms with van der Waals surface area (Å²) in [5.41, 5.74) is 5.61. The van der Waals surface area contributed by atoms with Gasteiger partial charge in [0.15, 0.2) is 0 Å². The molecule has 1 fully saturated rings. The number of ether oxygens (including phenoxy) is 1. The van der Waals surface area contributed by atoms with Gasteiger partial charge in [0.1, 0.15) is 11.4 Å². The number of rotatable bonds is 2. The fraction of sp³-hybridized carbons (Fsp3) is 0.400. The van der Waals surface area contributed by atoms with Gasteiger partial charge in [-0.1, -0.05) is 18.2 Å². The van der Waals surface area contributed by atoms with Crippen molar-refractivity contribution >= 4 is 0 Å². The summed E-state index contributed by atoms with van der Waals surface area (Å²) in [7, 11) is 0. The smallest absolute Gasteiger partial charge is 0.123 e. The van der Waals surface area contributed by atoms with Crippen LogP contribution in [0.25, 0.3) is 0 Å². The number of para-hydroxylation sites is 1. The van der Waals surface area contributed by atoms with Crippen molar-refractivity contribution in [3.8, 4) is 5.75 Å². The van der Waals surface area contributed by atoms with Gasteiger partial charge in [-0.15, -0.1) is 0 Å². The first-order chi connectivity index (χ1) is 5.71. The number of benzene rings is 1. The van der Waals surface area contributed by atoms with E-state index in [0.717, 1.165) is 12.2 Å². The van der Waals surface area contributed by atoms with Crippen molar-refractivity contribution in [3.63, 3.8) is 0 Å². The Balaban J connectivity index is 2.06.